The summed E-state index contributed by atoms with van der Waals surface area (Å²) in [6.07, 6.45) is 2.28. The van der Waals surface area contributed by atoms with Crippen molar-refractivity contribution in [2.24, 2.45) is 11.8 Å². The smallest absolute Gasteiger partial charge is 0.358 e. The Labute approximate surface area is 122 Å². The van der Waals surface area contributed by atoms with Crippen LogP contribution in [0.5, 0.6) is 0 Å². The zero-order valence-electron chi connectivity index (χ0n) is 12.2. The number of hydrogen-bond acceptors (Lipinski definition) is 6. The molecule has 1 N–H and O–H groups in total. The highest BCUT2D eigenvalue weighted by atomic mass is 32.1. The number of thiazole rings is 1. The fraction of sp³-hybridized carbons (Fsp3) is 0.643. The summed E-state index contributed by atoms with van der Waals surface area (Å²) >= 11 is 1.23. The first-order valence-corrected chi connectivity index (χ1v) is 7.62. The van der Waals surface area contributed by atoms with Crippen molar-refractivity contribution >= 4 is 28.2 Å². The molecule has 1 heterocycles. The molecule has 0 aromatic carbocycles. The maximum atomic E-state index is 11.6. The van der Waals surface area contributed by atoms with Crippen LogP contribution in [0.15, 0.2) is 0 Å². The number of nitrogens with zero attached hydrogens (tertiary/aromatic N) is 1. The van der Waals surface area contributed by atoms with E-state index < -0.39 is 5.97 Å². The highest BCUT2D eigenvalue weighted by Crippen LogP contribution is 2.34. The molecule has 0 saturated heterocycles. The van der Waals surface area contributed by atoms with Gasteiger partial charge in [0.2, 0.25) is 0 Å². The van der Waals surface area contributed by atoms with Gasteiger partial charge < -0.3 is 10.1 Å². The first kappa shape index (κ1) is 15.0. The largest absolute Gasteiger partial charge is 0.464 e. The van der Waals surface area contributed by atoms with E-state index in [1.54, 1.807) is 0 Å². The Morgan fingerprint density at radius 3 is 2.55 bits per heavy atom. The van der Waals surface area contributed by atoms with E-state index in [1.807, 2.05) is 0 Å². The Morgan fingerprint density at radius 1 is 1.35 bits per heavy atom. The second-order valence-corrected chi connectivity index (χ2v) is 6.41. The summed E-state index contributed by atoms with van der Waals surface area (Å²) in [6, 6.07) is 0.349. The van der Waals surface area contributed by atoms with Crippen molar-refractivity contribution in [3.05, 3.63) is 10.6 Å². The zero-order valence-corrected chi connectivity index (χ0v) is 13.0. The molecular weight excluding hydrogens is 276 g/mol. The number of esters is 1. The molecule has 0 amide bonds. The van der Waals surface area contributed by atoms with Crippen molar-refractivity contribution < 1.29 is 14.3 Å². The molecule has 1 aromatic rings. The van der Waals surface area contributed by atoms with Crippen LogP contribution in [0.25, 0.3) is 0 Å². The monoisotopic (exact) mass is 296 g/mol. The Hall–Kier alpha value is -1.43. The molecule has 1 aliphatic rings. The van der Waals surface area contributed by atoms with Crippen LogP contribution in [0.4, 0.5) is 5.13 Å². The molecule has 0 bridgehead atoms. The summed E-state index contributed by atoms with van der Waals surface area (Å²) < 4.78 is 4.67. The number of anilines is 1. The topological polar surface area (TPSA) is 68.3 Å². The van der Waals surface area contributed by atoms with Gasteiger partial charge in [0.25, 0.3) is 0 Å². The lowest BCUT2D eigenvalue weighted by Gasteiger charge is -2.18. The highest BCUT2D eigenvalue weighted by Gasteiger charge is 2.31. The van der Waals surface area contributed by atoms with Gasteiger partial charge in [-0.15, -0.1) is 0 Å². The molecule has 1 saturated carbocycles. The predicted octanol–water partition coefficient (Wildman–Crippen LogP) is 2.98. The normalized spacial score (nSPS) is 25.5. The average molecular weight is 296 g/mol. The summed E-state index contributed by atoms with van der Waals surface area (Å²) in [5.41, 5.74) is 0.117. The van der Waals surface area contributed by atoms with Crippen molar-refractivity contribution in [3.63, 3.8) is 0 Å². The third kappa shape index (κ3) is 2.85. The molecule has 0 aliphatic heterocycles. The fourth-order valence-corrected chi connectivity index (χ4v) is 3.49. The van der Waals surface area contributed by atoms with Crippen molar-refractivity contribution in [2.45, 2.75) is 39.7 Å². The highest BCUT2D eigenvalue weighted by molar-refractivity contribution is 7.17. The minimum Gasteiger partial charge on any atom is -0.464 e. The van der Waals surface area contributed by atoms with E-state index >= 15 is 0 Å². The first-order valence-electron chi connectivity index (χ1n) is 6.80. The van der Waals surface area contributed by atoms with Gasteiger partial charge in [0.15, 0.2) is 16.6 Å². The minimum atomic E-state index is -0.563. The van der Waals surface area contributed by atoms with Crippen molar-refractivity contribution in [2.75, 3.05) is 12.4 Å². The zero-order chi connectivity index (χ0) is 14.9. The van der Waals surface area contributed by atoms with Gasteiger partial charge in [0.05, 0.1) is 7.11 Å². The number of ketones is 1. The first-order chi connectivity index (χ1) is 9.43. The predicted molar refractivity (Wildman–Crippen MR) is 78.4 cm³/mol. The number of aromatic nitrogens is 1. The van der Waals surface area contributed by atoms with Gasteiger partial charge in [-0.1, -0.05) is 25.2 Å². The van der Waals surface area contributed by atoms with Gasteiger partial charge in [0.1, 0.15) is 4.88 Å². The molecule has 0 radical (unpaired) electrons. The van der Waals surface area contributed by atoms with Gasteiger partial charge in [-0.3, -0.25) is 4.79 Å². The van der Waals surface area contributed by atoms with Crippen LogP contribution in [-0.2, 0) is 4.74 Å². The van der Waals surface area contributed by atoms with E-state index in [1.165, 1.54) is 31.8 Å². The number of carbonyl (C=O) groups excluding carboxylic acids is 2. The Morgan fingerprint density at radius 2 is 2.05 bits per heavy atom. The van der Waals surface area contributed by atoms with E-state index in [4.69, 9.17) is 0 Å². The number of hydrogen-bond donors (Lipinski definition) is 1. The van der Waals surface area contributed by atoms with Gasteiger partial charge in [-0.2, -0.15) is 0 Å². The lowest BCUT2D eigenvalue weighted by atomic mass is 9.98. The molecule has 5 nitrogen and oxygen atoms in total. The summed E-state index contributed by atoms with van der Waals surface area (Å²) in [4.78, 5) is 27.8. The van der Waals surface area contributed by atoms with Gasteiger partial charge >= 0.3 is 5.97 Å². The molecule has 1 aliphatic carbocycles. The maximum Gasteiger partial charge on any atom is 0.358 e. The summed E-state index contributed by atoms with van der Waals surface area (Å²) in [6.45, 7) is 5.90. The molecule has 0 spiro atoms. The van der Waals surface area contributed by atoms with Crippen LogP contribution in [0.1, 0.15) is 53.8 Å². The van der Waals surface area contributed by atoms with Crippen LogP contribution in [0.3, 0.4) is 0 Å². The van der Waals surface area contributed by atoms with E-state index in [0.29, 0.717) is 27.9 Å². The standard InChI is InChI=1S/C14H20N2O3S/c1-7-5-6-10(8(7)2)15-14-16-11(13(18)19-4)12(20-14)9(3)17/h7-8,10H,5-6H2,1-4H3,(H,15,16). The molecule has 1 aromatic heterocycles. The molecule has 1 fully saturated rings. The average Bonchev–Trinajstić information content (AvgIpc) is 2.97. The minimum absolute atomic E-state index is 0.117. The summed E-state index contributed by atoms with van der Waals surface area (Å²) in [5, 5.41) is 3.99. The van der Waals surface area contributed by atoms with Crippen LogP contribution in [0.2, 0.25) is 0 Å². The lowest BCUT2D eigenvalue weighted by Crippen LogP contribution is -2.23. The maximum absolute atomic E-state index is 11.6. The van der Waals surface area contributed by atoms with Crippen LogP contribution in [-0.4, -0.2) is 29.9 Å². The molecule has 110 valence electrons. The lowest BCUT2D eigenvalue weighted by molar-refractivity contribution is 0.0591. The molecule has 6 heteroatoms. The second-order valence-electron chi connectivity index (χ2n) is 5.41. The Bertz CT molecular complexity index is 526. The van der Waals surface area contributed by atoms with E-state index in [-0.39, 0.29) is 11.5 Å². The number of nitrogens with one attached hydrogen (secondary N) is 1. The molecular formula is C14H20N2O3S. The van der Waals surface area contributed by atoms with Crippen LogP contribution < -0.4 is 5.32 Å². The van der Waals surface area contributed by atoms with Crippen molar-refractivity contribution in [1.29, 1.82) is 0 Å². The van der Waals surface area contributed by atoms with Gasteiger partial charge in [0, 0.05) is 13.0 Å². The molecule has 20 heavy (non-hydrogen) atoms. The number of carbonyl (C=O) groups is 2. The molecule has 3 atom stereocenters. The van der Waals surface area contributed by atoms with Gasteiger partial charge in [-0.05, 0) is 24.7 Å². The molecule has 3 unspecified atom stereocenters. The third-order valence-corrected chi connectivity index (χ3v) is 5.19. The van der Waals surface area contributed by atoms with Crippen LogP contribution >= 0.6 is 11.3 Å². The van der Waals surface area contributed by atoms with E-state index in [9.17, 15) is 9.59 Å². The van der Waals surface area contributed by atoms with E-state index in [2.05, 4.69) is 28.9 Å². The van der Waals surface area contributed by atoms with Crippen molar-refractivity contribution in [3.8, 4) is 0 Å². The second kappa shape index (κ2) is 5.91. The number of Topliss-reactive ketones (excluding diaryl/α,β-unsaturated/α-hetero) is 1. The number of rotatable bonds is 4. The quantitative estimate of drug-likeness (QED) is 0.683. The van der Waals surface area contributed by atoms with Crippen molar-refractivity contribution in [1.82, 2.24) is 4.98 Å². The Kier molecular flexibility index (Phi) is 4.42. The number of ether oxygens (including phenoxy) is 1. The Balaban J connectivity index is 2.21. The molecule has 2 rings (SSSR count). The summed E-state index contributed by atoms with van der Waals surface area (Å²) in [7, 11) is 1.29. The SMILES string of the molecule is COC(=O)c1nc(NC2CCC(C)C2C)sc1C(C)=O. The summed E-state index contributed by atoms with van der Waals surface area (Å²) in [5.74, 6) is 0.511. The van der Waals surface area contributed by atoms with Crippen LogP contribution in [0, 0.1) is 11.8 Å². The van der Waals surface area contributed by atoms with E-state index in [0.717, 1.165) is 6.42 Å². The van der Waals surface area contributed by atoms with Gasteiger partial charge in [-0.25, -0.2) is 9.78 Å². The number of methoxy groups -OCH3 is 1. The fourth-order valence-electron chi connectivity index (χ4n) is 2.58. The third-order valence-electron chi connectivity index (χ3n) is 4.10.